The first-order chi connectivity index (χ1) is 13.2. The number of hydrogen-bond donors (Lipinski definition) is 2. The summed E-state index contributed by atoms with van der Waals surface area (Å²) < 4.78 is 0. The van der Waals surface area contributed by atoms with Gasteiger partial charge in [0, 0.05) is 12.1 Å². The molecule has 4 heteroatoms. The van der Waals surface area contributed by atoms with E-state index in [9.17, 15) is 9.59 Å². The van der Waals surface area contributed by atoms with E-state index in [0.717, 1.165) is 36.8 Å². The van der Waals surface area contributed by atoms with Crippen LogP contribution in [0.25, 0.3) is 12.2 Å². The molecule has 0 aromatic heterocycles. The van der Waals surface area contributed by atoms with Crippen molar-refractivity contribution in [3.63, 3.8) is 0 Å². The highest BCUT2D eigenvalue weighted by Gasteiger charge is 2.20. The first kappa shape index (κ1) is 18.6. The third kappa shape index (κ3) is 5.96. The van der Waals surface area contributed by atoms with Crippen molar-refractivity contribution >= 4 is 24.0 Å². The highest BCUT2D eigenvalue weighted by atomic mass is 16.2. The molecule has 4 nitrogen and oxygen atoms in total. The van der Waals surface area contributed by atoms with Gasteiger partial charge in [0.25, 0.3) is 5.91 Å². The average Bonchev–Trinajstić information content (AvgIpc) is 3.20. The van der Waals surface area contributed by atoms with Crippen molar-refractivity contribution in [2.75, 3.05) is 0 Å². The quantitative estimate of drug-likeness (QED) is 0.767. The summed E-state index contributed by atoms with van der Waals surface area (Å²) in [6.45, 7) is 0. The van der Waals surface area contributed by atoms with Gasteiger partial charge in [-0.1, -0.05) is 73.5 Å². The van der Waals surface area contributed by atoms with Gasteiger partial charge in [-0.25, -0.2) is 0 Å². The second-order valence-electron chi connectivity index (χ2n) is 6.66. The molecule has 0 unspecified atom stereocenters. The molecule has 1 aliphatic rings. The van der Waals surface area contributed by atoms with Crippen molar-refractivity contribution in [1.82, 2.24) is 10.6 Å². The summed E-state index contributed by atoms with van der Waals surface area (Å²) in [5.74, 6) is -0.574. The third-order valence-electron chi connectivity index (χ3n) is 4.53. The number of carbonyl (C=O) groups excluding carboxylic acids is 2. The van der Waals surface area contributed by atoms with E-state index in [4.69, 9.17) is 0 Å². The van der Waals surface area contributed by atoms with Crippen molar-refractivity contribution in [2.24, 2.45) is 0 Å². The summed E-state index contributed by atoms with van der Waals surface area (Å²) in [5, 5.41) is 5.77. The van der Waals surface area contributed by atoms with Crippen LogP contribution in [0.1, 0.15) is 36.8 Å². The largest absolute Gasteiger partial charge is 0.348 e. The molecule has 2 aromatic rings. The molecule has 2 N–H and O–H groups in total. The number of nitrogens with one attached hydrogen (secondary N) is 2. The molecule has 0 aliphatic heterocycles. The van der Waals surface area contributed by atoms with Crippen LogP contribution in [0.15, 0.2) is 72.4 Å². The first-order valence-electron chi connectivity index (χ1n) is 9.32. The molecule has 0 spiro atoms. The molecule has 3 rings (SSSR count). The molecule has 0 saturated heterocycles. The summed E-state index contributed by atoms with van der Waals surface area (Å²) in [4.78, 5) is 25.0. The molecule has 1 aliphatic carbocycles. The van der Waals surface area contributed by atoms with E-state index in [1.54, 1.807) is 12.2 Å². The maximum atomic E-state index is 12.7. The Labute approximate surface area is 160 Å². The number of carbonyl (C=O) groups is 2. The van der Waals surface area contributed by atoms with Crippen molar-refractivity contribution in [3.8, 4) is 0 Å². The van der Waals surface area contributed by atoms with Crippen LogP contribution < -0.4 is 10.6 Å². The summed E-state index contributed by atoms with van der Waals surface area (Å²) in [6.07, 6.45) is 9.13. The van der Waals surface area contributed by atoms with Gasteiger partial charge in [-0.05, 0) is 36.1 Å². The lowest BCUT2D eigenvalue weighted by Crippen LogP contribution is -2.38. The van der Waals surface area contributed by atoms with Gasteiger partial charge in [-0.2, -0.15) is 0 Å². The van der Waals surface area contributed by atoms with Crippen LogP contribution >= 0.6 is 0 Å². The lowest BCUT2D eigenvalue weighted by atomic mass is 10.1. The van der Waals surface area contributed by atoms with E-state index in [0.29, 0.717) is 0 Å². The van der Waals surface area contributed by atoms with Crippen LogP contribution in [-0.2, 0) is 9.59 Å². The van der Waals surface area contributed by atoms with Crippen LogP contribution in [0.5, 0.6) is 0 Å². The highest BCUT2D eigenvalue weighted by Crippen LogP contribution is 2.18. The molecule has 0 radical (unpaired) electrons. The normalized spacial score (nSPS) is 15.0. The highest BCUT2D eigenvalue weighted by molar-refractivity contribution is 6.04. The van der Waals surface area contributed by atoms with E-state index < -0.39 is 0 Å². The summed E-state index contributed by atoms with van der Waals surface area (Å²) >= 11 is 0. The molecule has 1 saturated carbocycles. The fraction of sp³-hybridized carbons (Fsp3) is 0.217. The van der Waals surface area contributed by atoms with Gasteiger partial charge in [0.1, 0.15) is 5.70 Å². The minimum atomic E-state index is -0.331. The van der Waals surface area contributed by atoms with Crippen molar-refractivity contribution in [1.29, 1.82) is 0 Å². The standard InChI is InChI=1S/C23H24N2O2/c26-22(16-15-18-9-3-1-4-10-18)25-21(17-19-11-5-2-6-12-19)23(27)24-20-13-7-8-14-20/h1-6,9-12,15-17,20H,7-8,13-14H2,(H,24,27)(H,25,26)/b16-15?,21-17-. The van der Waals surface area contributed by atoms with Crippen LogP contribution in [0.2, 0.25) is 0 Å². The average molecular weight is 360 g/mol. The fourth-order valence-corrected chi connectivity index (χ4v) is 3.12. The maximum absolute atomic E-state index is 12.7. The predicted molar refractivity (Wildman–Crippen MR) is 108 cm³/mol. The van der Waals surface area contributed by atoms with Crippen LogP contribution in [0, 0.1) is 0 Å². The minimum Gasteiger partial charge on any atom is -0.348 e. The number of benzene rings is 2. The Hall–Kier alpha value is -3.14. The monoisotopic (exact) mass is 360 g/mol. The Bertz CT molecular complexity index is 820. The molecule has 2 amide bonds. The van der Waals surface area contributed by atoms with Crippen LogP contribution in [0.4, 0.5) is 0 Å². The Kier molecular flexibility index (Phi) is 6.58. The van der Waals surface area contributed by atoms with Crippen molar-refractivity contribution < 1.29 is 9.59 Å². The second-order valence-corrected chi connectivity index (χ2v) is 6.66. The number of hydrogen-bond acceptors (Lipinski definition) is 2. The molecule has 138 valence electrons. The molecule has 1 fully saturated rings. The lowest BCUT2D eigenvalue weighted by Gasteiger charge is -2.14. The number of rotatable bonds is 6. The van der Waals surface area contributed by atoms with Gasteiger partial charge in [0.15, 0.2) is 0 Å². The van der Waals surface area contributed by atoms with Crippen molar-refractivity contribution in [2.45, 2.75) is 31.7 Å². The Morgan fingerprint density at radius 2 is 1.44 bits per heavy atom. The number of amides is 2. The van der Waals surface area contributed by atoms with Gasteiger partial charge < -0.3 is 10.6 Å². The predicted octanol–water partition coefficient (Wildman–Crippen LogP) is 3.92. The zero-order valence-corrected chi connectivity index (χ0v) is 15.2. The maximum Gasteiger partial charge on any atom is 0.268 e. The molecule has 0 atom stereocenters. The third-order valence-corrected chi connectivity index (χ3v) is 4.53. The van der Waals surface area contributed by atoms with Gasteiger partial charge in [0.05, 0.1) is 0 Å². The van der Waals surface area contributed by atoms with Gasteiger partial charge >= 0.3 is 0 Å². The zero-order chi connectivity index (χ0) is 18.9. The van der Waals surface area contributed by atoms with E-state index in [1.165, 1.54) is 6.08 Å². The summed E-state index contributed by atoms with van der Waals surface area (Å²) in [5.41, 5.74) is 2.05. The van der Waals surface area contributed by atoms with Crippen LogP contribution in [0.3, 0.4) is 0 Å². The van der Waals surface area contributed by atoms with E-state index in [1.807, 2.05) is 60.7 Å². The lowest BCUT2D eigenvalue weighted by molar-refractivity contribution is -0.121. The Morgan fingerprint density at radius 3 is 2.07 bits per heavy atom. The van der Waals surface area contributed by atoms with E-state index >= 15 is 0 Å². The second kappa shape index (κ2) is 9.53. The van der Waals surface area contributed by atoms with Gasteiger partial charge in [-0.15, -0.1) is 0 Å². The van der Waals surface area contributed by atoms with E-state index in [-0.39, 0.29) is 23.6 Å². The molecule has 0 heterocycles. The fourth-order valence-electron chi connectivity index (χ4n) is 3.12. The smallest absolute Gasteiger partial charge is 0.268 e. The molecular formula is C23H24N2O2. The zero-order valence-electron chi connectivity index (χ0n) is 15.2. The van der Waals surface area contributed by atoms with Crippen LogP contribution in [-0.4, -0.2) is 17.9 Å². The van der Waals surface area contributed by atoms with Gasteiger partial charge in [-0.3, -0.25) is 9.59 Å². The summed E-state index contributed by atoms with van der Waals surface area (Å²) in [7, 11) is 0. The van der Waals surface area contributed by atoms with E-state index in [2.05, 4.69) is 10.6 Å². The topological polar surface area (TPSA) is 58.2 Å². The SMILES string of the molecule is O=C(C=Cc1ccccc1)N/C(=C\c1ccccc1)C(=O)NC1CCCC1. The van der Waals surface area contributed by atoms with Crippen molar-refractivity contribution in [3.05, 3.63) is 83.6 Å². The van der Waals surface area contributed by atoms with Gasteiger partial charge in [0.2, 0.25) is 5.91 Å². The molecule has 0 bridgehead atoms. The summed E-state index contributed by atoms with van der Waals surface area (Å²) in [6, 6.07) is 19.3. The first-order valence-corrected chi connectivity index (χ1v) is 9.32. The molecule has 2 aromatic carbocycles. The molecule has 27 heavy (non-hydrogen) atoms. The molecular weight excluding hydrogens is 336 g/mol. The minimum absolute atomic E-state index is 0.188. The Morgan fingerprint density at radius 1 is 0.852 bits per heavy atom. The Balaban J connectivity index is 1.72.